The first-order chi connectivity index (χ1) is 14.5. The van der Waals surface area contributed by atoms with Crippen molar-refractivity contribution >= 4 is 15.9 Å². The summed E-state index contributed by atoms with van der Waals surface area (Å²) in [6.45, 7) is 7.23. The molecule has 1 unspecified atom stereocenters. The fourth-order valence-corrected chi connectivity index (χ4v) is 6.44. The van der Waals surface area contributed by atoms with Crippen molar-refractivity contribution in [3.63, 3.8) is 0 Å². The van der Waals surface area contributed by atoms with Crippen molar-refractivity contribution in [2.75, 3.05) is 45.9 Å². The van der Waals surface area contributed by atoms with Gasteiger partial charge in [-0.2, -0.15) is 4.31 Å². The quantitative estimate of drug-likeness (QED) is 0.685. The molecule has 3 aliphatic heterocycles. The van der Waals surface area contributed by atoms with Crippen LogP contribution in [0.5, 0.6) is 5.75 Å². The molecule has 3 heterocycles. The summed E-state index contributed by atoms with van der Waals surface area (Å²) in [6.07, 6.45) is 4.80. The number of carbonyl (C=O) groups is 1. The Morgan fingerprint density at radius 1 is 1.00 bits per heavy atom. The summed E-state index contributed by atoms with van der Waals surface area (Å²) in [4.78, 5) is 17.8. The first-order valence-electron chi connectivity index (χ1n) is 11.2. The van der Waals surface area contributed by atoms with Crippen molar-refractivity contribution in [2.45, 2.75) is 50.0 Å². The molecule has 0 radical (unpaired) electrons. The average molecular weight is 436 g/mol. The lowest BCUT2D eigenvalue weighted by atomic mass is 9.96. The van der Waals surface area contributed by atoms with Gasteiger partial charge in [-0.3, -0.25) is 9.69 Å². The van der Waals surface area contributed by atoms with Crippen LogP contribution in [0.25, 0.3) is 0 Å². The molecular weight excluding hydrogens is 402 g/mol. The van der Waals surface area contributed by atoms with Gasteiger partial charge in [0.2, 0.25) is 15.9 Å². The van der Waals surface area contributed by atoms with Gasteiger partial charge in [0.05, 0.1) is 11.5 Å². The van der Waals surface area contributed by atoms with Crippen LogP contribution >= 0.6 is 0 Å². The second kappa shape index (κ2) is 9.24. The number of carbonyl (C=O) groups excluding carboxylic acids is 1. The highest BCUT2D eigenvalue weighted by atomic mass is 32.2. The van der Waals surface area contributed by atoms with E-state index in [-0.39, 0.29) is 16.7 Å². The molecule has 0 N–H and O–H groups in total. The average Bonchev–Trinajstić information content (AvgIpc) is 3.46. The maximum absolute atomic E-state index is 13.0. The third-order valence-corrected chi connectivity index (χ3v) is 8.62. The van der Waals surface area contributed by atoms with Gasteiger partial charge in [-0.25, -0.2) is 8.42 Å². The van der Waals surface area contributed by atoms with Crippen molar-refractivity contribution in [1.29, 1.82) is 0 Å². The maximum Gasteiger partial charge on any atom is 0.243 e. The summed E-state index contributed by atoms with van der Waals surface area (Å²) in [5.41, 5.74) is 0. The molecule has 3 fully saturated rings. The van der Waals surface area contributed by atoms with E-state index in [1.165, 1.54) is 17.1 Å². The predicted molar refractivity (Wildman–Crippen MR) is 115 cm³/mol. The van der Waals surface area contributed by atoms with Crippen LogP contribution in [-0.4, -0.2) is 80.3 Å². The van der Waals surface area contributed by atoms with Crippen LogP contribution in [0.3, 0.4) is 0 Å². The number of ether oxygens (including phenoxy) is 1. The lowest BCUT2D eigenvalue weighted by Gasteiger charge is -2.32. The Hall–Kier alpha value is -1.64. The van der Waals surface area contributed by atoms with Crippen molar-refractivity contribution in [3.8, 4) is 5.75 Å². The zero-order chi connectivity index (χ0) is 21.1. The maximum atomic E-state index is 13.0. The standard InChI is InChI=1S/C22H33N3O4S/c1-2-29-20-5-7-21(8-6-20)30(27,28)25-15-9-18(10-16-25)22(26)24-14-11-19(17-24)23-12-3-4-13-23/h5-8,18-19H,2-4,9-17H2,1H3. The second-order valence-electron chi connectivity index (χ2n) is 8.55. The molecule has 1 amide bonds. The SMILES string of the molecule is CCOc1ccc(S(=O)(=O)N2CCC(C(=O)N3CCC(N4CCCC4)C3)CC2)cc1. The Balaban J connectivity index is 1.31. The minimum atomic E-state index is -3.54. The number of hydrogen-bond acceptors (Lipinski definition) is 5. The highest BCUT2D eigenvalue weighted by Crippen LogP contribution is 2.28. The Kier molecular flexibility index (Phi) is 6.65. The third-order valence-electron chi connectivity index (χ3n) is 6.71. The summed E-state index contributed by atoms with van der Waals surface area (Å²) in [5.74, 6) is 0.822. The molecule has 3 aliphatic rings. The monoisotopic (exact) mass is 435 g/mol. The van der Waals surface area contributed by atoms with E-state index >= 15 is 0 Å². The molecular formula is C22H33N3O4S. The first-order valence-corrected chi connectivity index (χ1v) is 12.7. The molecule has 1 atom stereocenters. The highest BCUT2D eigenvalue weighted by molar-refractivity contribution is 7.89. The lowest BCUT2D eigenvalue weighted by molar-refractivity contribution is -0.135. The van der Waals surface area contributed by atoms with Crippen LogP contribution in [0, 0.1) is 5.92 Å². The molecule has 0 aliphatic carbocycles. The Morgan fingerprint density at radius 3 is 2.30 bits per heavy atom. The number of sulfonamides is 1. The van der Waals surface area contributed by atoms with Crippen molar-refractivity contribution < 1.29 is 17.9 Å². The van der Waals surface area contributed by atoms with E-state index in [1.807, 2.05) is 11.8 Å². The van der Waals surface area contributed by atoms with Crippen molar-refractivity contribution in [1.82, 2.24) is 14.1 Å². The topological polar surface area (TPSA) is 70.2 Å². The molecule has 8 heteroatoms. The van der Waals surface area contributed by atoms with E-state index in [2.05, 4.69) is 4.90 Å². The van der Waals surface area contributed by atoms with Gasteiger partial charge in [0.1, 0.15) is 5.75 Å². The van der Waals surface area contributed by atoms with E-state index in [1.54, 1.807) is 24.3 Å². The lowest BCUT2D eigenvalue weighted by Crippen LogP contribution is -2.44. The predicted octanol–water partition coefficient (Wildman–Crippen LogP) is 2.18. The number of hydrogen-bond donors (Lipinski definition) is 0. The number of benzene rings is 1. The molecule has 1 aromatic carbocycles. The van der Waals surface area contributed by atoms with Crippen LogP contribution in [0.1, 0.15) is 39.0 Å². The molecule has 166 valence electrons. The zero-order valence-electron chi connectivity index (χ0n) is 17.8. The first kappa shape index (κ1) is 21.6. The van der Waals surface area contributed by atoms with E-state index in [0.29, 0.717) is 44.3 Å². The Bertz CT molecular complexity index is 828. The Labute approximate surface area is 180 Å². The fourth-order valence-electron chi connectivity index (χ4n) is 4.97. The summed E-state index contributed by atoms with van der Waals surface area (Å²) in [5, 5.41) is 0. The van der Waals surface area contributed by atoms with Gasteiger partial charge in [0, 0.05) is 38.1 Å². The van der Waals surface area contributed by atoms with Crippen LogP contribution in [0.4, 0.5) is 0 Å². The summed E-state index contributed by atoms with van der Waals surface area (Å²) >= 11 is 0. The molecule has 3 saturated heterocycles. The van der Waals surface area contributed by atoms with Crippen LogP contribution < -0.4 is 4.74 Å². The zero-order valence-corrected chi connectivity index (χ0v) is 18.6. The molecule has 0 bridgehead atoms. The second-order valence-corrected chi connectivity index (χ2v) is 10.5. The summed E-state index contributed by atoms with van der Waals surface area (Å²) in [7, 11) is -3.54. The molecule has 0 aromatic heterocycles. The van der Waals surface area contributed by atoms with E-state index in [0.717, 1.165) is 32.6 Å². The number of rotatable bonds is 6. The number of amides is 1. The van der Waals surface area contributed by atoms with Gasteiger partial charge in [-0.1, -0.05) is 0 Å². The van der Waals surface area contributed by atoms with Crippen molar-refractivity contribution in [3.05, 3.63) is 24.3 Å². The number of piperidine rings is 1. The molecule has 4 rings (SSSR count). The summed E-state index contributed by atoms with van der Waals surface area (Å²) in [6, 6.07) is 7.09. The van der Waals surface area contributed by atoms with Gasteiger partial charge in [-0.15, -0.1) is 0 Å². The normalized spacial score (nSPS) is 24.4. The van der Waals surface area contributed by atoms with Crippen LogP contribution in [-0.2, 0) is 14.8 Å². The minimum Gasteiger partial charge on any atom is -0.494 e. The van der Waals surface area contributed by atoms with E-state index < -0.39 is 10.0 Å². The van der Waals surface area contributed by atoms with Gasteiger partial charge in [0.25, 0.3) is 0 Å². The van der Waals surface area contributed by atoms with E-state index in [9.17, 15) is 13.2 Å². The largest absolute Gasteiger partial charge is 0.494 e. The molecule has 30 heavy (non-hydrogen) atoms. The van der Waals surface area contributed by atoms with Gasteiger partial charge in [0.15, 0.2) is 0 Å². The van der Waals surface area contributed by atoms with Gasteiger partial charge < -0.3 is 9.64 Å². The third kappa shape index (κ3) is 4.50. The number of likely N-dealkylation sites (tertiary alicyclic amines) is 2. The Morgan fingerprint density at radius 2 is 1.67 bits per heavy atom. The highest BCUT2D eigenvalue weighted by Gasteiger charge is 2.37. The minimum absolute atomic E-state index is 0.0610. The fraction of sp³-hybridized carbons (Fsp3) is 0.682. The van der Waals surface area contributed by atoms with Gasteiger partial charge >= 0.3 is 0 Å². The van der Waals surface area contributed by atoms with Crippen molar-refractivity contribution in [2.24, 2.45) is 5.92 Å². The smallest absolute Gasteiger partial charge is 0.243 e. The molecule has 0 spiro atoms. The number of nitrogens with zero attached hydrogens (tertiary/aromatic N) is 3. The van der Waals surface area contributed by atoms with Crippen LogP contribution in [0.2, 0.25) is 0 Å². The molecule has 7 nitrogen and oxygen atoms in total. The van der Waals surface area contributed by atoms with Crippen LogP contribution in [0.15, 0.2) is 29.2 Å². The molecule has 0 saturated carbocycles. The molecule has 1 aromatic rings. The summed E-state index contributed by atoms with van der Waals surface area (Å²) < 4.78 is 32.8. The van der Waals surface area contributed by atoms with E-state index in [4.69, 9.17) is 4.74 Å². The van der Waals surface area contributed by atoms with Gasteiger partial charge in [-0.05, 0) is 76.4 Å².